The van der Waals surface area contributed by atoms with Gasteiger partial charge in [0.05, 0.1) is 0 Å². The minimum atomic E-state index is 0.237. The van der Waals surface area contributed by atoms with E-state index < -0.39 is 0 Å². The average molecular weight is 374 g/mol. The number of halogens is 2. The van der Waals surface area contributed by atoms with E-state index in [1.54, 1.807) is 0 Å². The van der Waals surface area contributed by atoms with Crippen LogP contribution in [0.5, 0.6) is 0 Å². The van der Waals surface area contributed by atoms with Crippen LogP contribution in [-0.2, 0) is 0 Å². The molecule has 0 fully saturated rings. The van der Waals surface area contributed by atoms with Gasteiger partial charge < -0.3 is 0 Å². The monoisotopic (exact) mass is 372 g/mol. The average Bonchev–Trinajstić information content (AvgIpc) is 2.26. The molecule has 0 unspecified atom stereocenters. The SMILES string of the molecule is CC(C)c1cc(C(C)C)c(B(Br)Br)c(C(C)C)c1. The Balaban J connectivity index is 3.55. The van der Waals surface area contributed by atoms with Crippen LogP contribution in [0, 0.1) is 0 Å². The summed E-state index contributed by atoms with van der Waals surface area (Å²) in [4.78, 5) is 0. The van der Waals surface area contributed by atoms with E-state index in [2.05, 4.69) is 85.2 Å². The van der Waals surface area contributed by atoms with E-state index in [1.807, 2.05) is 0 Å². The lowest BCUT2D eigenvalue weighted by atomic mass is 9.76. The van der Waals surface area contributed by atoms with Crippen LogP contribution >= 0.6 is 31.5 Å². The predicted octanol–water partition coefficient (Wildman–Crippen LogP) is 5.54. The van der Waals surface area contributed by atoms with E-state index in [0.717, 1.165) is 0 Å². The maximum atomic E-state index is 3.70. The number of hydrogen-bond donors (Lipinski definition) is 0. The summed E-state index contributed by atoms with van der Waals surface area (Å²) < 4.78 is 0.237. The molecule has 0 spiro atoms. The number of hydrogen-bond acceptors (Lipinski definition) is 0. The summed E-state index contributed by atoms with van der Waals surface area (Å²) >= 11 is 7.40. The van der Waals surface area contributed by atoms with Gasteiger partial charge in [0.15, 0.2) is 0 Å². The highest BCUT2D eigenvalue weighted by atomic mass is 79.9. The highest BCUT2D eigenvalue weighted by Gasteiger charge is 2.22. The second-order valence-corrected chi connectivity index (χ2v) is 8.94. The van der Waals surface area contributed by atoms with E-state index in [1.165, 1.54) is 22.2 Å². The van der Waals surface area contributed by atoms with Crippen molar-refractivity contribution in [2.45, 2.75) is 59.3 Å². The van der Waals surface area contributed by atoms with E-state index in [9.17, 15) is 0 Å². The van der Waals surface area contributed by atoms with E-state index in [-0.39, 0.29) is 4.36 Å². The first-order valence-electron chi connectivity index (χ1n) is 6.71. The summed E-state index contributed by atoms with van der Waals surface area (Å²) in [5.41, 5.74) is 5.79. The Labute approximate surface area is 129 Å². The minimum absolute atomic E-state index is 0.237. The van der Waals surface area contributed by atoms with Crippen molar-refractivity contribution >= 4 is 41.3 Å². The fourth-order valence-corrected chi connectivity index (χ4v) is 3.32. The minimum Gasteiger partial charge on any atom is -0.132 e. The van der Waals surface area contributed by atoms with Gasteiger partial charge in [-0.15, -0.1) is 31.5 Å². The van der Waals surface area contributed by atoms with Crippen LogP contribution in [0.15, 0.2) is 12.1 Å². The van der Waals surface area contributed by atoms with Gasteiger partial charge in [0, 0.05) is 0 Å². The zero-order valence-corrected chi connectivity index (χ0v) is 15.4. The molecule has 18 heavy (non-hydrogen) atoms. The summed E-state index contributed by atoms with van der Waals surface area (Å²) in [6.07, 6.45) is 0. The Morgan fingerprint density at radius 1 is 0.778 bits per heavy atom. The van der Waals surface area contributed by atoms with Gasteiger partial charge in [-0.05, 0) is 39.9 Å². The van der Waals surface area contributed by atoms with E-state index in [0.29, 0.717) is 17.8 Å². The van der Waals surface area contributed by atoms with Crippen molar-refractivity contribution in [1.29, 1.82) is 0 Å². The van der Waals surface area contributed by atoms with Crippen molar-refractivity contribution < 1.29 is 0 Å². The lowest BCUT2D eigenvalue weighted by Crippen LogP contribution is -2.29. The van der Waals surface area contributed by atoms with E-state index >= 15 is 0 Å². The summed E-state index contributed by atoms with van der Waals surface area (Å²) in [6.45, 7) is 13.6. The second-order valence-electron chi connectivity index (χ2n) is 5.88. The summed E-state index contributed by atoms with van der Waals surface area (Å²) in [5, 5.41) is 0. The largest absolute Gasteiger partial charge is 0.330 e. The Hall–Kier alpha value is 0.245. The molecule has 0 bridgehead atoms. The first-order valence-corrected chi connectivity index (χ1v) is 8.54. The van der Waals surface area contributed by atoms with Gasteiger partial charge in [0.2, 0.25) is 0 Å². The van der Waals surface area contributed by atoms with Gasteiger partial charge in [-0.2, -0.15) is 0 Å². The van der Waals surface area contributed by atoms with Gasteiger partial charge in [-0.3, -0.25) is 0 Å². The van der Waals surface area contributed by atoms with Crippen molar-refractivity contribution in [2.24, 2.45) is 0 Å². The summed E-state index contributed by atoms with van der Waals surface area (Å²) in [6, 6.07) is 4.76. The standard InChI is InChI=1S/C15H23BBr2/c1-9(2)12-7-13(10(3)4)15(16(17)18)14(8-12)11(5)6/h7-11H,1-6H3. The van der Waals surface area contributed by atoms with Gasteiger partial charge in [0.25, 0.3) is 0 Å². The first kappa shape index (κ1) is 16.3. The quantitative estimate of drug-likeness (QED) is 0.607. The molecule has 0 aliphatic heterocycles. The van der Waals surface area contributed by atoms with Gasteiger partial charge in [-0.1, -0.05) is 53.7 Å². The number of rotatable bonds is 4. The normalized spacial score (nSPS) is 11.7. The predicted molar refractivity (Wildman–Crippen MR) is 92.0 cm³/mol. The van der Waals surface area contributed by atoms with Gasteiger partial charge >= 0.3 is 4.36 Å². The van der Waals surface area contributed by atoms with Crippen LogP contribution in [0.2, 0.25) is 0 Å². The van der Waals surface area contributed by atoms with Crippen molar-refractivity contribution in [1.82, 2.24) is 0 Å². The zero-order valence-electron chi connectivity index (χ0n) is 12.2. The van der Waals surface area contributed by atoms with E-state index in [4.69, 9.17) is 0 Å². The zero-order chi connectivity index (χ0) is 14.0. The third-order valence-electron chi connectivity index (χ3n) is 3.40. The summed E-state index contributed by atoms with van der Waals surface area (Å²) in [5.74, 6) is 1.68. The molecule has 0 atom stereocenters. The maximum Gasteiger partial charge on any atom is 0.330 e. The lowest BCUT2D eigenvalue weighted by molar-refractivity contribution is 0.813. The van der Waals surface area contributed by atoms with Crippen LogP contribution in [0.4, 0.5) is 0 Å². The molecular weight excluding hydrogens is 351 g/mol. The molecule has 1 rings (SSSR count). The van der Waals surface area contributed by atoms with Crippen molar-refractivity contribution in [3.05, 3.63) is 28.8 Å². The Morgan fingerprint density at radius 2 is 1.17 bits per heavy atom. The molecular formula is C15H23BBr2. The van der Waals surface area contributed by atoms with Crippen molar-refractivity contribution in [3.8, 4) is 0 Å². The molecule has 0 nitrogen and oxygen atoms in total. The molecule has 0 amide bonds. The third kappa shape index (κ3) is 3.63. The van der Waals surface area contributed by atoms with Crippen LogP contribution < -0.4 is 5.46 Å². The fourth-order valence-electron chi connectivity index (χ4n) is 2.26. The smallest absolute Gasteiger partial charge is 0.132 e. The highest BCUT2D eigenvalue weighted by Crippen LogP contribution is 2.27. The van der Waals surface area contributed by atoms with Gasteiger partial charge in [0.1, 0.15) is 0 Å². The molecule has 0 aromatic heterocycles. The molecule has 0 radical (unpaired) electrons. The lowest BCUT2D eigenvalue weighted by Gasteiger charge is -2.23. The Kier molecular flexibility index (Phi) is 5.98. The molecule has 100 valence electrons. The fraction of sp³-hybridized carbons (Fsp3) is 0.600. The Morgan fingerprint density at radius 3 is 1.39 bits per heavy atom. The van der Waals surface area contributed by atoms with Crippen molar-refractivity contribution in [2.75, 3.05) is 0 Å². The second kappa shape index (κ2) is 6.61. The third-order valence-corrected chi connectivity index (χ3v) is 4.31. The van der Waals surface area contributed by atoms with Gasteiger partial charge in [-0.25, -0.2) is 0 Å². The maximum absolute atomic E-state index is 3.70. The molecule has 3 heteroatoms. The number of benzene rings is 1. The summed E-state index contributed by atoms with van der Waals surface area (Å²) in [7, 11) is 0. The van der Waals surface area contributed by atoms with Crippen LogP contribution in [0.3, 0.4) is 0 Å². The van der Waals surface area contributed by atoms with Crippen LogP contribution in [-0.4, -0.2) is 4.36 Å². The molecule has 0 saturated heterocycles. The topological polar surface area (TPSA) is 0 Å². The first-order chi connectivity index (χ1) is 8.25. The molecule has 0 saturated carbocycles. The highest BCUT2D eigenvalue weighted by molar-refractivity contribution is 9.49. The Bertz CT molecular complexity index is 380. The molecule has 1 aromatic rings. The molecule has 0 heterocycles. The molecule has 0 aliphatic carbocycles. The molecule has 0 aliphatic rings. The molecule has 1 aromatic carbocycles. The van der Waals surface area contributed by atoms with Crippen LogP contribution in [0.25, 0.3) is 0 Å². The molecule has 0 N–H and O–H groups in total. The van der Waals surface area contributed by atoms with Crippen molar-refractivity contribution in [3.63, 3.8) is 0 Å². The van der Waals surface area contributed by atoms with Crippen LogP contribution in [0.1, 0.15) is 76.0 Å².